The number of nitrogens with one attached hydrogen (secondary N) is 1. The third-order valence-corrected chi connectivity index (χ3v) is 3.51. The second-order valence-corrected chi connectivity index (χ2v) is 4.96. The molecule has 0 unspecified atom stereocenters. The highest BCUT2D eigenvalue weighted by molar-refractivity contribution is 7.22. The summed E-state index contributed by atoms with van der Waals surface area (Å²) in [6, 6.07) is 4.94. The number of nitrogens with zero attached hydrogens (tertiary/aromatic N) is 2. The third kappa shape index (κ3) is 2.16. The molecule has 0 saturated heterocycles. The molecule has 0 spiro atoms. The van der Waals surface area contributed by atoms with Crippen molar-refractivity contribution < 1.29 is 14.1 Å². The minimum Gasteiger partial charge on any atom is -0.494 e. The lowest BCUT2D eigenvalue weighted by Gasteiger charge is -2.01. The van der Waals surface area contributed by atoms with Gasteiger partial charge in [0.25, 0.3) is 5.91 Å². The van der Waals surface area contributed by atoms with Crippen molar-refractivity contribution in [3.8, 4) is 5.75 Å². The Morgan fingerprint density at radius 2 is 2.35 bits per heavy atom. The van der Waals surface area contributed by atoms with Crippen LogP contribution in [0, 0.1) is 0 Å². The Balaban J connectivity index is 1.95. The molecule has 7 nitrogen and oxygen atoms in total. The number of hydrogen-bond acceptors (Lipinski definition) is 7. The molecule has 0 bridgehead atoms. The SMILES string of the molecule is COc1cc(N)cc2sc(NC(=O)c3ccon3)nc12. The summed E-state index contributed by atoms with van der Waals surface area (Å²) in [6.45, 7) is 0. The van der Waals surface area contributed by atoms with Crippen LogP contribution in [0.1, 0.15) is 10.5 Å². The van der Waals surface area contributed by atoms with Gasteiger partial charge in [0.2, 0.25) is 0 Å². The fraction of sp³-hybridized carbons (Fsp3) is 0.0833. The lowest BCUT2D eigenvalue weighted by molar-refractivity contribution is 0.101. The number of amides is 1. The fourth-order valence-electron chi connectivity index (χ4n) is 1.72. The van der Waals surface area contributed by atoms with Gasteiger partial charge in [0.15, 0.2) is 10.8 Å². The molecule has 0 fully saturated rings. The maximum Gasteiger partial charge on any atom is 0.279 e. The standard InChI is InChI=1S/C12H10N4O3S/c1-18-8-4-6(13)5-9-10(8)14-12(20-9)15-11(17)7-2-3-19-16-7/h2-5H,13H2,1H3,(H,14,15,17). The zero-order chi connectivity index (χ0) is 14.1. The van der Waals surface area contributed by atoms with Crippen LogP contribution in [0.25, 0.3) is 10.2 Å². The monoisotopic (exact) mass is 290 g/mol. The smallest absolute Gasteiger partial charge is 0.279 e. The summed E-state index contributed by atoms with van der Waals surface area (Å²) in [5, 5.41) is 6.65. The average Bonchev–Trinajstić information content (AvgIpc) is 3.05. The van der Waals surface area contributed by atoms with Crippen molar-refractivity contribution in [3.05, 3.63) is 30.2 Å². The van der Waals surface area contributed by atoms with E-state index in [0.717, 1.165) is 4.70 Å². The van der Waals surface area contributed by atoms with E-state index in [-0.39, 0.29) is 11.6 Å². The summed E-state index contributed by atoms with van der Waals surface area (Å²) in [7, 11) is 1.54. The minimum absolute atomic E-state index is 0.190. The number of nitrogens with two attached hydrogens (primary N) is 1. The maximum atomic E-state index is 11.9. The first-order chi connectivity index (χ1) is 9.67. The molecule has 0 aliphatic rings. The number of thiazole rings is 1. The average molecular weight is 290 g/mol. The van der Waals surface area contributed by atoms with E-state index in [1.807, 2.05) is 0 Å². The molecule has 2 aromatic heterocycles. The Labute approximate surface area is 117 Å². The van der Waals surface area contributed by atoms with E-state index in [2.05, 4.69) is 20.0 Å². The predicted molar refractivity (Wildman–Crippen MR) is 75.0 cm³/mol. The van der Waals surface area contributed by atoms with Crippen molar-refractivity contribution in [1.82, 2.24) is 10.1 Å². The van der Waals surface area contributed by atoms with E-state index >= 15 is 0 Å². The van der Waals surface area contributed by atoms with Crippen molar-refractivity contribution in [1.29, 1.82) is 0 Å². The number of nitrogen functional groups attached to an aromatic ring is 1. The molecule has 0 saturated carbocycles. The van der Waals surface area contributed by atoms with Gasteiger partial charge >= 0.3 is 0 Å². The number of carbonyl (C=O) groups is 1. The molecule has 0 radical (unpaired) electrons. The molecule has 3 rings (SSSR count). The Hall–Kier alpha value is -2.61. The number of carbonyl (C=O) groups excluding carboxylic acids is 1. The number of rotatable bonds is 3. The molecular weight excluding hydrogens is 280 g/mol. The van der Waals surface area contributed by atoms with Gasteiger partial charge in [-0.15, -0.1) is 0 Å². The van der Waals surface area contributed by atoms with Crippen LogP contribution in [0.3, 0.4) is 0 Å². The molecule has 0 aliphatic carbocycles. The Kier molecular flexibility index (Phi) is 2.99. The summed E-state index contributed by atoms with van der Waals surface area (Å²) < 4.78 is 10.7. The van der Waals surface area contributed by atoms with Gasteiger partial charge in [-0.3, -0.25) is 10.1 Å². The molecule has 1 aromatic carbocycles. The summed E-state index contributed by atoms with van der Waals surface area (Å²) in [5.74, 6) is 0.183. The van der Waals surface area contributed by atoms with Gasteiger partial charge in [-0.05, 0) is 6.07 Å². The summed E-state index contributed by atoms with van der Waals surface area (Å²) >= 11 is 1.31. The van der Waals surface area contributed by atoms with Gasteiger partial charge in [-0.25, -0.2) is 4.98 Å². The summed E-state index contributed by atoms with van der Waals surface area (Å²) in [4.78, 5) is 16.2. The molecule has 102 valence electrons. The first kappa shape index (κ1) is 12.4. The molecule has 8 heteroatoms. The normalized spacial score (nSPS) is 10.7. The van der Waals surface area contributed by atoms with E-state index in [9.17, 15) is 4.79 Å². The first-order valence-electron chi connectivity index (χ1n) is 5.63. The van der Waals surface area contributed by atoms with Gasteiger partial charge in [0.05, 0.1) is 11.8 Å². The van der Waals surface area contributed by atoms with E-state index in [0.29, 0.717) is 22.1 Å². The molecule has 3 aromatic rings. The van der Waals surface area contributed by atoms with Crippen LogP contribution in [0.15, 0.2) is 29.0 Å². The number of fused-ring (bicyclic) bond motifs is 1. The van der Waals surface area contributed by atoms with E-state index in [4.69, 9.17) is 10.5 Å². The van der Waals surface area contributed by atoms with Gasteiger partial charge in [-0.1, -0.05) is 16.5 Å². The van der Waals surface area contributed by atoms with E-state index in [1.54, 1.807) is 19.2 Å². The zero-order valence-electron chi connectivity index (χ0n) is 10.4. The Morgan fingerprint density at radius 1 is 1.50 bits per heavy atom. The predicted octanol–water partition coefficient (Wildman–Crippen LogP) is 2.13. The van der Waals surface area contributed by atoms with Gasteiger partial charge in [0, 0.05) is 17.8 Å². The summed E-state index contributed by atoms with van der Waals surface area (Å²) in [6.07, 6.45) is 1.33. The molecular formula is C12H10N4O3S. The number of anilines is 2. The number of aromatic nitrogens is 2. The lowest BCUT2D eigenvalue weighted by atomic mass is 10.3. The molecule has 1 amide bonds. The van der Waals surface area contributed by atoms with Crippen LogP contribution in [0.5, 0.6) is 5.75 Å². The molecule has 0 aliphatic heterocycles. The lowest BCUT2D eigenvalue weighted by Crippen LogP contribution is -2.11. The van der Waals surface area contributed by atoms with E-state index in [1.165, 1.54) is 23.7 Å². The Morgan fingerprint density at radius 3 is 3.05 bits per heavy atom. The van der Waals surface area contributed by atoms with Crippen LogP contribution in [0.4, 0.5) is 10.8 Å². The van der Waals surface area contributed by atoms with Crippen LogP contribution >= 0.6 is 11.3 Å². The molecule has 20 heavy (non-hydrogen) atoms. The Bertz CT molecular complexity index is 766. The molecule has 0 atom stereocenters. The van der Waals surface area contributed by atoms with Crippen molar-refractivity contribution in [2.24, 2.45) is 0 Å². The second-order valence-electron chi connectivity index (χ2n) is 3.93. The highest BCUT2D eigenvalue weighted by Crippen LogP contribution is 2.34. The van der Waals surface area contributed by atoms with Crippen molar-refractivity contribution in [3.63, 3.8) is 0 Å². The van der Waals surface area contributed by atoms with Gasteiger partial charge in [-0.2, -0.15) is 0 Å². The van der Waals surface area contributed by atoms with Crippen LogP contribution in [-0.4, -0.2) is 23.2 Å². The van der Waals surface area contributed by atoms with Crippen molar-refractivity contribution in [2.45, 2.75) is 0 Å². The highest BCUT2D eigenvalue weighted by atomic mass is 32.1. The number of ether oxygens (including phenoxy) is 1. The highest BCUT2D eigenvalue weighted by Gasteiger charge is 2.14. The number of hydrogen-bond donors (Lipinski definition) is 2. The molecule has 2 heterocycles. The first-order valence-corrected chi connectivity index (χ1v) is 6.45. The number of benzene rings is 1. The third-order valence-electron chi connectivity index (χ3n) is 2.59. The quantitative estimate of drug-likeness (QED) is 0.716. The number of methoxy groups -OCH3 is 1. The van der Waals surface area contributed by atoms with Crippen LogP contribution in [0.2, 0.25) is 0 Å². The van der Waals surface area contributed by atoms with Gasteiger partial charge < -0.3 is 15.0 Å². The van der Waals surface area contributed by atoms with Crippen molar-refractivity contribution >= 4 is 38.3 Å². The van der Waals surface area contributed by atoms with Crippen LogP contribution < -0.4 is 15.8 Å². The van der Waals surface area contributed by atoms with Crippen LogP contribution in [-0.2, 0) is 0 Å². The van der Waals surface area contributed by atoms with Crippen molar-refractivity contribution in [2.75, 3.05) is 18.2 Å². The largest absolute Gasteiger partial charge is 0.494 e. The van der Waals surface area contributed by atoms with E-state index < -0.39 is 0 Å². The zero-order valence-corrected chi connectivity index (χ0v) is 11.2. The topological polar surface area (TPSA) is 103 Å². The maximum absolute atomic E-state index is 11.9. The minimum atomic E-state index is -0.384. The fourth-order valence-corrected chi connectivity index (χ4v) is 2.65. The second kappa shape index (κ2) is 4.82. The van der Waals surface area contributed by atoms with Gasteiger partial charge in [0.1, 0.15) is 17.5 Å². The summed E-state index contributed by atoms with van der Waals surface area (Å²) in [5.41, 5.74) is 7.20. The molecule has 3 N–H and O–H groups in total.